The first-order valence-corrected chi connectivity index (χ1v) is 13.0. The second-order valence-electron chi connectivity index (χ2n) is 9.73. The number of nitriles is 1. The predicted octanol–water partition coefficient (Wildman–Crippen LogP) is 5.10. The van der Waals surface area contributed by atoms with E-state index >= 15 is 0 Å². The first-order valence-electron chi connectivity index (χ1n) is 13.0. The predicted molar refractivity (Wildman–Crippen MR) is 143 cm³/mol. The SMILES string of the molecule is CCC(C)C(C#N)(CCC(OC(C)=O)C(CC1COc2ccccc2O1)[N+](=O)[O-])c1ccc(OC)c(OC)c1. The molecule has 0 fully saturated rings. The maximum Gasteiger partial charge on any atom is 0.303 e. The number of para-hydroxylation sites is 2. The number of carbonyl (C=O) groups is 1. The number of benzene rings is 2. The quantitative estimate of drug-likeness (QED) is 0.193. The van der Waals surface area contributed by atoms with E-state index in [1.807, 2.05) is 26.0 Å². The third-order valence-electron chi connectivity index (χ3n) is 7.46. The lowest BCUT2D eigenvalue weighted by atomic mass is 9.67. The standard InChI is InChI=1S/C29H36N2O8/c1-6-19(2)29(18-30,21-11-12-25(35-4)28(15-21)36-5)14-13-24(38-20(3)32)23(31(33)34)16-22-17-37-26-9-7-8-10-27(26)39-22/h7-12,15,19,22-24H,6,13-14,16-17H2,1-5H3. The van der Waals surface area contributed by atoms with Crippen LogP contribution in [-0.4, -0.2) is 50.0 Å². The van der Waals surface area contributed by atoms with E-state index in [1.54, 1.807) is 30.3 Å². The van der Waals surface area contributed by atoms with Crippen molar-refractivity contribution in [3.8, 4) is 29.1 Å². The number of esters is 1. The normalized spacial score (nSPS) is 18.0. The van der Waals surface area contributed by atoms with Gasteiger partial charge in [-0.3, -0.25) is 14.9 Å². The summed E-state index contributed by atoms with van der Waals surface area (Å²) in [5.41, 5.74) is -0.311. The van der Waals surface area contributed by atoms with Gasteiger partial charge in [0, 0.05) is 11.8 Å². The third kappa shape index (κ3) is 6.72. The second kappa shape index (κ2) is 13.2. The summed E-state index contributed by atoms with van der Waals surface area (Å²) in [4.78, 5) is 23.9. The van der Waals surface area contributed by atoms with Crippen LogP contribution in [0.15, 0.2) is 42.5 Å². The average Bonchev–Trinajstić information content (AvgIpc) is 2.94. The van der Waals surface area contributed by atoms with Gasteiger partial charge in [-0.25, -0.2) is 0 Å². The number of nitrogens with zero attached hydrogens (tertiary/aromatic N) is 2. The summed E-state index contributed by atoms with van der Waals surface area (Å²) in [7, 11) is 3.05. The van der Waals surface area contributed by atoms with Crippen LogP contribution in [0.2, 0.25) is 0 Å². The van der Waals surface area contributed by atoms with Crippen molar-refractivity contribution in [2.75, 3.05) is 20.8 Å². The van der Waals surface area contributed by atoms with E-state index in [0.29, 0.717) is 35.0 Å². The molecule has 2 aromatic rings. The summed E-state index contributed by atoms with van der Waals surface area (Å²) >= 11 is 0. The number of nitro groups is 1. The van der Waals surface area contributed by atoms with Gasteiger partial charge in [0.15, 0.2) is 29.1 Å². The summed E-state index contributed by atoms with van der Waals surface area (Å²) in [6, 6.07) is 13.7. The van der Waals surface area contributed by atoms with Crippen LogP contribution >= 0.6 is 0 Å². The van der Waals surface area contributed by atoms with E-state index in [0.717, 1.165) is 0 Å². The molecule has 0 aromatic heterocycles. The van der Waals surface area contributed by atoms with Gasteiger partial charge in [-0.2, -0.15) is 5.26 Å². The van der Waals surface area contributed by atoms with Crippen molar-refractivity contribution < 1.29 is 33.4 Å². The zero-order valence-corrected chi connectivity index (χ0v) is 23.0. The molecular formula is C29H36N2O8. The van der Waals surface area contributed by atoms with E-state index in [9.17, 15) is 20.2 Å². The highest BCUT2D eigenvalue weighted by Crippen LogP contribution is 2.42. The van der Waals surface area contributed by atoms with Gasteiger partial charge in [0.05, 0.1) is 32.1 Å². The van der Waals surface area contributed by atoms with Gasteiger partial charge in [0.1, 0.15) is 12.7 Å². The van der Waals surface area contributed by atoms with Gasteiger partial charge >= 0.3 is 5.97 Å². The van der Waals surface area contributed by atoms with Gasteiger partial charge in [-0.1, -0.05) is 38.5 Å². The minimum Gasteiger partial charge on any atom is -0.493 e. The summed E-state index contributed by atoms with van der Waals surface area (Å²) in [5.74, 6) is 1.35. The molecule has 0 spiro atoms. The fourth-order valence-electron chi connectivity index (χ4n) is 5.10. The zero-order valence-electron chi connectivity index (χ0n) is 23.0. The Morgan fingerprint density at radius 1 is 1.21 bits per heavy atom. The Morgan fingerprint density at radius 3 is 2.49 bits per heavy atom. The van der Waals surface area contributed by atoms with Gasteiger partial charge in [0.25, 0.3) is 6.04 Å². The van der Waals surface area contributed by atoms with Crippen molar-refractivity contribution in [3.63, 3.8) is 0 Å². The molecule has 5 unspecified atom stereocenters. The van der Waals surface area contributed by atoms with Crippen LogP contribution in [-0.2, 0) is 14.9 Å². The fourth-order valence-corrected chi connectivity index (χ4v) is 5.10. The molecule has 5 atom stereocenters. The Bertz CT molecular complexity index is 1200. The molecule has 39 heavy (non-hydrogen) atoms. The third-order valence-corrected chi connectivity index (χ3v) is 7.46. The van der Waals surface area contributed by atoms with Crippen LogP contribution < -0.4 is 18.9 Å². The van der Waals surface area contributed by atoms with Gasteiger partial charge < -0.3 is 23.7 Å². The Morgan fingerprint density at radius 2 is 1.90 bits per heavy atom. The maximum atomic E-state index is 12.3. The van der Waals surface area contributed by atoms with Gasteiger partial charge in [-0.05, 0) is 48.6 Å². The number of hydrogen-bond acceptors (Lipinski definition) is 9. The van der Waals surface area contributed by atoms with Crippen LogP contribution in [0.1, 0.15) is 52.0 Å². The molecule has 0 radical (unpaired) electrons. The molecule has 0 saturated heterocycles. The van der Waals surface area contributed by atoms with Crippen LogP contribution in [0.5, 0.6) is 23.0 Å². The molecule has 0 aliphatic carbocycles. The molecule has 10 nitrogen and oxygen atoms in total. The molecule has 10 heteroatoms. The molecule has 0 N–H and O–H groups in total. The molecule has 2 aromatic carbocycles. The Hall–Kier alpha value is -4.00. The van der Waals surface area contributed by atoms with Crippen molar-refractivity contribution in [3.05, 3.63) is 58.1 Å². The lowest BCUT2D eigenvalue weighted by Gasteiger charge is -2.35. The molecule has 210 valence electrons. The Kier molecular flexibility index (Phi) is 9.99. The number of ether oxygens (including phenoxy) is 5. The average molecular weight is 541 g/mol. The van der Waals surface area contributed by atoms with Crippen LogP contribution in [0.25, 0.3) is 0 Å². The maximum absolute atomic E-state index is 12.3. The van der Waals surface area contributed by atoms with Crippen molar-refractivity contribution in [1.29, 1.82) is 5.26 Å². The Labute approximate surface area is 228 Å². The number of carbonyl (C=O) groups excluding carboxylic acids is 1. The number of hydrogen-bond donors (Lipinski definition) is 0. The van der Waals surface area contributed by atoms with Crippen molar-refractivity contribution in [2.24, 2.45) is 5.92 Å². The number of methoxy groups -OCH3 is 2. The fraction of sp³-hybridized carbons (Fsp3) is 0.517. The molecule has 1 aliphatic rings. The highest BCUT2D eigenvalue weighted by atomic mass is 16.6. The van der Waals surface area contributed by atoms with Crippen molar-refractivity contribution in [2.45, 2.75) is 70.1 Å². The largest absolute Gasteiger partial charge is 0.493 e. The van der Waals surface area contributed by atoms with E-state index in [-0.39, 0.29) is 31.8 Å². The van der Waals surface area contributed by atoms with E-state index in [1.165, 1.54) is 21.1 Å². The lowest BCUT2D eigenvalue weighted by molar-refractivity contribution is -0.536. The monoisotopic (exact) mass is 540 g/mol. The summed E-state index contributed by atoms with van der Waals surface area (Å²) in [6.07, 6.45) is -0.697. The smallest absolute Gasteiger partial charge is 0.303 e. The summed E-state index contributed by atoms with van der Waals surface area (Å²) in [5, 5.41) is 22.8. The van der Waals surface area contributed by atoms with Crippen molar-refractivity contribution >= 4 is 5.97 Å². The number of rotatable bonds is 13. The summed E-state index contributed by atoms with van der Waals surface area (Å²) < 4.78 is 28.0. The molecule has 0 saturated carbocycles. The Balaban J connectivity index is 1.90. The molecule has 1 aliphatic heterocycles. The molecule has 1 heterocycles. The minimum absolute atomic E-state index is 0.0292. The lowest BCUT2D eigenvalue weighted by Crippen LogP contribution is -2.44. The highest BCUT2D eigenvalue weighted by molar-refractivity contribution is 5.66. The van der Waals surface area contributed by atoms with Crippen LogP contribution in [0, 0.1) is 27.4 Å². The highest BCUT2D eigenvalue weighted by Gasteiger charge is 2.43. The topological polar surface area (TPSA) is 130 Å². The van der Waals surface area contributed by atoms with Crippen LogP contribution in [0.4, 0.5) is 0 Å². The molecule has 0 amide bonds. The van der Waals surface area contributed by atoms with E-state index in [2.05, 4.69) is 6.07 Å². The van der Waals surface area contributed by atoms with E-state index in [4.69, 9.17) is 23.7 Å². The minimum atomic E-state index is -1.26. The van der Waals surface area contributed by atoms with Crippen molar-refractivity contribution in [1.82, 2.24) is 0 Å². The molecule has 0 bridgehead atoms. The number of fused-ring (bicyclic) bond motifs is 1. The molecular weight excluding hydrogens is 504 g/mol. The zero-order chi connectivity index (χ0) is 28.6. The second-order valence-corrected chi connectivity index (χ2v) is 9.73. The molecule has 3 rings (SSSR count). The van der Waals surface area contributed by atoms with Crippen LogP contribution in [0.3, 0.4) is 0 Å². The first kappa shape index (κ1) is 29.6. The van der Waals surface area contributed by atoms with Gasteiger partial charge in [0.2, 0.25) is 0 Å². The summed E-state index contributed by atoms with van der Waals surface area (Å²) in [6.45, 7) is 5.31. The van der Waals surface area contributed by atoms with E-state index < -0.39 is 34.6 Å². The van der Waals surface area contributed by atoms with Gasteiger partial charge in [-0.15, -0.1) is 0 Å². The first-order chi connectivity index (χ1) is 18.7.